The molecular formula is C20H22F3N3O3. The van der Waals surface area contributed by atoms with E-state index in [-0.39, 0.29) is 24.5 Å². The number of halogens is 3. The van der Waals surface area contributed by atoms with Crippen LogP contribution in [-0.4, -0.2) is 45.3 Å². The lowest BCUT2D eigenvalue weighted by Gasteiger charge is -2.38. The number of carbonyl (C=O) groups excluding carboxylic acids is 1. The number of carbonyl (C=O) groups is 1. The molecule has 1 aromatic carbocycles. The predicted molar refractivity (Wildman–Crippen MR) is 97.9 cm³/mol. The minimum absolute atomic E-state index is 0.0440. The number of piperidine rings is 1. The van der Waals surface area contributed by atoms with Gasteiger partial charge in [0.15, 0.2) is 0 Å². The van der Waals surface area contributed by atoms with Gasteiger partial charge < -0.3 is 14.7 Å². The summed E-state index contributed by atoms with van der Waals surface area (Å²) in [5, 5.41) is 10.9. The first-order chi connectivity index (χ1) is 13.6. The number of hydrogen-bond acceptors (Lipinski definition) is 5. The summed E-state index contributed by atoms with van der Waals surface area (Å²) in [4.78, 5) is 22.4. The molecule has 1 saturated heterocycles. The molecule has 1 N–H and O–H groups in total. The minimum Gasteiger partial charge on any atom is -0.406 e. The average molecular weight is 409 g/mol. The van der Waals surface area contributed by atoms with Gasteiger partial charge in [0, 0.05) is 31.4 Å². The number of rotatable bonds is 5. The molecular weight excluding hydrogens is 387 g/mol. The molecule has 1 aliphatic heterocycles. The standard InChI is InChI=1S/C20H22F3N3O3/c1-14-24-10-7-16(25-14)5-6-18(27)26-11-8-19(28,9-12-26)15-3-2-4-17(13-15)29-20(21,22)23/h2-4,7,10,13,28H,5-6,8-9,11-12H2,1H3. The Morgan fingerprint density at radius 3 is 2.66 bits per heavy atom. The van der Waals surface area contributed by atoms with Crippen molar-refractivity contribution in [1.29, 1.82) is 0 Å². The van der Waals surface area contributed by atoms with Gasteiger partial charge in [0.25, 0.3) is 0 Å². The number of aromatic nitrogens is 2. The summed E-state index contributed by atoms with van der Waals surface area (Å²) in [5.41, 5.74) is -0.158. The lowest BCUT2D eigenvalue weighted by molar-refractivity contribution is -0.274. The van der Waals surface area contributed by atoms with Gasteiger partial charge >= 0.3 is 6.36 Å². The molecule has 9 heteroatoms. The van der Waals surface area contributed by atoms with Gasteiger partial charge in [0.05, 0.1) is 5.60 Å². The van der Waals surface area contributed by atoms with Crippen LogP contribution in [0.15, 0.2) is 36.5 Å². The van der Waals surface area contributed by atoms with Crippen LogP contribution < -0.4 is 4.74 Å². The molecule has 3 rings (SSSR count). The van der Waals surface area contributed by atoms with E-state index in [9.17, 15) is 23.1 Å². The van der Waals surface area contributed by atoms with E-state index < -0.39 is 12.0 Å². The van der Waals surface area contributed by atoms with Gasteiger partial charge in [-0.3, -0.25) is 4.79 Å². The van der Waals surface area contributed by atoms with Crippen molar-refractivity contribution >= 4 is 5.91 Å². The highest BCUT2D eigenvalue weighted by Crippen LogP contribution is 2.35. The van der Waals surface area contributed by atoms with Crippen LogP contribution in [0.4, 0.5) is 13.2 Å². The average Bonchev–Trinajstić information content (AvgIpc) is 2.66. The van der Waals surface area contributed by atoms with E-state index in [4.69, 9.17) is 0 Å². The number of benzene rings is 1. The SMILES string of the molecule is Cc1nccc(CCC(=O)N2CCC(O)(c3cccc(OC(F)(F)F)c3)CC2)n1. The Bertz CT molecular complexity index is 865. The first-order valence-corrected chi connectivity index (χ1v) is 9.30. The normalized spacial score (nSPS) is 16.5. The summed E-state index contributed by atoms with van der Waals surface area (Å²) in [7, 11) is 0. The zero-order chi connectivity index (χ0) is 21.1. The van der Waals surface area contributed by atoms with Crippen molar-refractivity contribution in [3.05, 3.63) is 53.6 Å². The molecule has 2 heterocycles. The van der Waals surface area contributed by atoms with Gasteiger partial charge in [-0.15, -0.1) is 13.2 Å². The van der Waals surface area contributed by atoms with Crippen molar-refractivity contribution < 1.29 is 27.8 Å². The third-order valence-corrected chi connectivity index (χ3v) is 4.98. The van der Waals surface area contributed by atoms with E-state index in [0.717, 1.165) is 5.69 Å². The molecule has 29 heavy (non-hydrogen) atoms. The molecule has 1 fully saturated rings. The van der Waals surface area contributed by atoms with Gasteiger partial charge in [0.2, 0.25) is 5.91 Å². The van der Waals surface area contributed by atoms with Crippen molar-refractivity contribution in [3.63, 3.8) is 0 Å². The summed E-state index contributed by atoms with van der Waals surface area (Å²) in [5.74, 6) is 0.231. The molecule has 0 radical (unpaired) electrons. The number of ether oxygens (including phenoxy) is 1. The molecule has 0 atom stereocenters. The Balaban J connectivity index is 1.57. The number of aliphatic hydroxyl groups is 1. The quantitative estimate of drug-likeness (QED) is 0.821. The maximum Gasteiger partial charge on any atom is 0.573 e. The topological polar surface area (TPSA) is 75.6 Å². The minimum atomic E-state index is -4.79. The Hall–Kier alpha value is -2.68. The zero-order valence-corrected chi connectivity index (χ0v) is 15.9. The van der Waals surface area contributed by atoms with E-state index in [1.165, 1.54) is 18.2 Å². The Morgan fingerprint density at radius 1 is 1.28 bits per heavy atom. The van der Waals surface area contributed by atoms with E-state index in [1.54, 1.807) is 30.2 Å². The molecule has 2 aromatic rings. The molecule has 0 unspecified atom stereocenters. The van der Waals surface area contributed by atoms with E-state index in [0.29, 0.717) is 37.3 Å². The third kappa shape index (κ3) is 5.66. The van der Waals surface area contributed by atoms with Crippen molar-refractivity contribution in [2.24, 2.45) is 0 Å². The van der Waals surface area contributed by atoms with Crippen molar-refractivity contribution in [3.8, 4) is 5.75 Å². The zero-order valence-electron chi connectivity index (χ0n) is 15.9. The second kappa shape index (κ2) is 8.36. The van der Waals surface area contributed by atoms with Gasteiger partial charge in [-0.1, -0.05) is 12.1 Å². The highest BCUT2D eigenvalue weighted by Gasteiger charge is 2.36. The van der Waals surface area contributed by atoms with E-state index in [2.05, 4.69) is 14.7 Å². The summed E-state index contributed by atoms with van der Waals surface area (Å²) in [6, 6.07) is 7.13. The van der Waals surface area contributed by atoms with E-state index >= 15 is 0 Å². The summed E-state index contributed by atoms with van der Waals surface area (Å²) < 4.78 is 41.2. The van der Waals surface area contributed by atoms with Crippen LogP contribution >= 0.6 is 0 Å². The number of alkyl halides is 3. The lowest BCUT2D eigenvalue weighted by Crippen LogP contribution is -2.45. The molecule has 6 nitrogen and oxygen atoms in total. The number of aryl methyl sites for hydroxylation is 2. The van der Waals surface area contributed by atoms with Gasteiger partial charge in [-0.25, -0.2) is 9.97 Å². The third-order valence-electron chi connectivity index (χ3n) is 4.98. The maximum atomic E-state index is 12.5. The monoisotopic (exact) mass is 409 g/mol. The van der Waals surface area contributed by atoms with Crippen molar-refractivity contribution in [1.82, 2.24) is 14.9 Å². The van der Waals surface area contributed by atoms with Crippen LogP contribution in [0.2, 0.25) is 0 Å². The highest BCUT2D eigenvalue weighted by molar-refractivity contribution is 5.76. The Kier molecular flexibility index (Phi) is 6.07. The Labute approximate surface area is 166 Å². The van der Waals surface area contributed by atoms with Crippen LogP contribution in [0.1, 0.15) is 36.3 Å². The van der Waals surface area contributed by atoms with Crippen molar-refractivity contribution in [2.75, 3.05) is 13.1 Å². The molecule has 0 spiro atoms. The molecule has 1 amide bonds. The van der Waals surface area contributed by atoms with Gasteiger partial charge in [0.1, 0.15) is 11.6 Å². The molecule has 1 aliphatic rings. The number of hydrogen-bond donors (Lipinski definition) is 1. The number of nitrogens with zero attached hydrogens (tertiary/aromatic N) is 3. The first kappa shape index (κ1) is 21.0. The van der Waals surface area contributed by atoms with Crippen LogP contribution in [0, 0.1) is 6.92 Å². The summed E-state index contributed by atoms with van der Waals surface area (Å²) in [6.45, 7) is 2.43. The molecule has 156 valence electrons. The summed E-state index contributed by atoms with van der Waals surface area (Å²) in [6.07, 6.45) is -1.87. The fraction of sp³-hybridized carbons (Fsp3) is 0.450. The van der Waals surface area contributed by atoms with Crippen LogP contribution in [0.3, 0.4) is 0 Å². The largest absolute Gasteiger partial charge is 0.573 e. The van der Waals surface area contributed by atoms with Gasteiger partial charge in [-0.05, 0) is 49.9 Å². The molecule has 1 aromatic heterocycles. The van der Waals surface area contributed by atoms with Gasteiger partial charge in [-0.2, -0.15) is 0 Å². The summed E-state index contributed by atoms with van der Waals surface area (Å²) >= 11 is 0. The fourth-order valence-corrected chi connectivity index (χ4v) is 3.43. The number of amides is 1. The van der Waals surface area contributed by atoms with Crippen LogP contribution in [0.25, 0.3) is 0 Å². The van der Waals surface area contributed by atoms with Crippen molar-refractivity contribution in [2.45, 2.75) is 44.6 Å². The second-order valence-corrected chi connectivity index (χ2v) is 7.08. The highest BCUT2D eigenvalue weighted by atomic mass is 19.4. The molecule has 0 bridgehead atoms. The smallest absolute Gasteiger partial charge is 0.406 e. The molecule has 0 saturated carbocycles. The maximum absolute atomic E-state index is 12.5. The lowest BCUT2D eigenvalue weighted by atomic mass is 9.84. The van der Waals surface area contributed by atoms with Crippen LogP contribution in [-0.2, 0) is 16.8 Å². The van der Waals surface area contributed by atoms with Crippen LogP contribution in [0.5, 0.6) is 5.75 Å². The predicted octanol–water partition coefficient (Wildman–Crippen LogP) is 3.13. The fourth-order valence-electron chi connectivity index (χ4n) is 3.43. The molecule has 0 aliphatic carbocycles. The Morgan fingerprint density at radius 2 is 2.00 bits per heavy atom. The van der Waals surface area contributed by atoms with E-state index in [1.807, 2.05) is 0 Å². The first-order valence-electron chi connectivity index (χ1n) is 9.30. The second-order valence-electron chi connectivity index (χ2n) is 7.08. The number of likely N-dealkylation sites (tertiary alicyclic amines) is 1.